The van der Waals surface area contributed by atoms with Gasteiger partial charge in [0, 0.05) is 38.2 Å². The standard InChI is InChI=1S/C24H30FN5O7S2/c1-24(2,3)36-23(32)29-9-11-30(12-10-29)39(33,34)18-6-4-16(5-7-18)20(28-37-17-8-13-35-15-17)21(31)27-22-26-14-19(25)38-22/h4-7,14,17H,8-13,15H2,1-3H3,(H,26,27,31)/t17-/m1/s1. The Bertz CT molecular complexity index is 1310. The van der Waals surface area contributed by atoms with Crippen molar-refractivity contribution in [1.29, 1.82) is 0 Å². The van der Waals surface area contributed by atoms with Crippen molar-refractivity contribution in [3.05, 3.63) is 41.2 Å². The van der Waals surface area contributed by atoms with Crippen LogP contribution < -0.4 is 5.32 Å². The first-order valence-corrected chi connectivity index (χ1v) is 14.5. The summed E-state index contributed by atoms with van der Waals surface area (Å²) in [4.78, 5) is 36.0. The zero-order valence-corrected chi connectivity index (χ0v) is 23.4. The lowest BCUT2D eigenvalue weighted by molar-refractivity contribution is -0.110. The van der Waals surface area contributed by atoms with Gasteiger partial charge >= 0.3 is 6.09 Å². The van der Waals surface area contributed by atoms with E-state index in [1.54, 1.807) is 20.8 Å². The Morgan fingerprint density at radius 1 is 1.18 bits per heavy atom. The average molecular weight is 584 g/mol. The lowest BCUT2D eigenvalue weighted by atomic mass is 10.1. The van der Waals surface area contributed by atoms with Gasteiger partial charge in [-0.3, -0.25) is 10.1 Å². The Morgan fingerprint density at radius 3 is 2.44 bits per heavy atom. The van der Waals surface area contributed by atoms with Gasteiger partial charge in [-0.2, -0.15) is 8.70 Å². The molecule has 0 unspecified atom stereocenters. The number of thiazole rings is 1. The summed E-state index contributed by atoms with van der Waals surface area (Å²) in [6.45, 7) is 6.76. The number of hydrogen-bond donors (Lipinski definition) is 1. The number of rotatable bonds is 7. The maximum absolute atomic E-state index is 13.3. The summed E-state index contributed by atoms with van der Waals surface area (Å²) in [5.74, 6) is -0.697. The third kappa shape index (κ3) is 7.50. The molecule has 0 bridgehead atoms. The van der Waals surface area contributed by atoms with Crippen molar-refractivity contribution < 1.29 is 36.7 Å². The quantitative estimate of drug-likeness (QED) is 0.388. The minimum absolute atomic E-state index is 0.0174. The molecule has 0 saturated carbocycles. The van der Waals surface area contributed by atoms with Crippen molar-refractivity contribution in [2.45, 2.75) is 43.8 Å². The molecule has 2 fully saturated rings. The second kappa shape index (κ2) is 11.9. The van der Waals surface area contributed by atoms with Crippen LogP contribution in [0.25, 0.3) is 0 Å². The Morgan fingerprint density at radius 2 is 1.87 bits per heavy atom. The second-order valence-corrected chi connectivity index (χ2v) is 12.8. The van der Waals surface area contributed by atoms with E-state index in [0.717, 1.165) is 6.20 Å². The summed E-state index contributed by atoms with van der Waals surface area (Å²) in [5.41, 5.74) is -0.488. The molecular weight excluding hydrogens is 553 g/mol. The number of piperazine rings is 1. The van der Waals surface area contributed by atoms with Crippen LogP contribution in [0.3, 0.4) is 0 Å². The van der Waals surface area contributed by atoms with E-state index >= 15 is 0 Å². The van der Waals surface area contributed by atoms with Crippen LogP contribution in [0.1, 0.15) is 32.8 Å². The van der Waals surface area contributed by atoms with E-state index in [4.69, 9.17) is 14.3 Å². The summed E-state index contributed by atoms with van der Waals surface area (Å²) >= 11 is 0.655. The van der Waals surface area contributed by atoms with Gasteiger partial charge in [0.1, 0.15) is 5.60 Å². The summed E-state index contributed by atoms with van der Waals surface area (Å²) in [6.07, 6.45) is 0.773. The van der Waals surface area contributed by atoms with Crippen molar-refractivity contribution in [3.63, 3.8) is 0 Å². The first kappa shape index (κ1) is 28.9. The molecular formula is C24H30FN5O7S2. The molecule has 0 aliphatic carbocycles. The number of amides is 2. The minimum atomic E-state index is -3.86. The molecule has 2 aliphatic rings. The van der Waals surface area contributed by atoms with Crippen LogP contribution in [-0.2, 0) is 29.1 Å². The fourth-order valence-corrected chi connectivity index (χ4v) is 5.75. The van der Waals surface area contributed by atoms with Gasteiger partial charge in [0.25, 0.3) is 5.91 Å². The van der Waals surface area contributed by atoms with Crippen molar-refractivity contribution in [1.82, 2.24) is 14.2 Å². The normalized spacial score (nSPS) is 19.1. The zero-order valence-electron chi connectivity index (χ0n) is 21.8. The van der Waals surface area contributed by atoms with E-state index in [0.29, 0.717) is 31.0 Å². The molecule has 2 saturated heterocycles. The number of nitrogens with one attached hydrogen (secondary N) is 1. The van der Waals surface area contributed by atoms with Crippen LogP contribution >= 0.6 is 11.3 Å². The van der Waals surface area contributed by atoms with Gasteiger partial charge in [-0.15, -0.1) is 0 Å². The molecule has 1 atom stereocenters. The molecule has 2 aromatic rings. The van der Waals surface area contributed by atoms with Crippen molar-refractivity contribution >= 4 is 44.2 Å². The smallest absolute Gasteiger partial charge is 0.410 e. The Kier molecular flexibility index (Phi) is 8.83. The molecule has 0 radical (unpaired) electrons. The average Bonchev–Trinajstić information content (AvgIpc) is 3.55. The van der Waals surface area contributed by atoms with E-state index < -0.39 is 32.8 Å². The molecule has 39 heavy (non-hydrogen) atoms. The third-order valence-corrected chi connectivity index (χ3v) is 8.36. The van der Waals surface area contributed by atoms with Crippen LogP contribution in [-0.4, -0.2) is 91.4 Å². The Balaban J connectivity index is 1.47. The van der Waals surface area contributed by atoms with Crippen molar-refractivity contribution in [2.24, 2.45) is 5.16 Å². The SMILES string of the molecule is CC(C)(C)OC(=O)N1CCN(S(=O)(=O)c2ccc(C(=NO[C@@H]3CCOC3)C(=O)Nc3ncc(F)s3)cc2)CC1. The van der Waals surface area contributed by atoms with Gasteiger partial charge in [0.2, 0.25) is 10.0 Å². The first-order chi connectivity index (χ1) is 18.4. The first-order valence-electron chi connectivity index (χ1n) is 12.2. The van der Waals surface area contributed by atoms with Crippen LogP contribution in [0.4, 0.5) is 14.3 Å². The lowest BCUT2D eigenvalue weighted by Crippen LogP contribution is -2.51. The molecule has 1 aromatic carbocycles. The van der Waals surface area contributed by atoms with Crippen molar-refractivity contribution in [3.8, 4) is 0 Å². The van der Waals surface area contributed by atoms with Crippen LogP contribution in [0.15, 0.2) is 40.5 Å². The fourth-order valence-electron chi connectivity index (χ4n) is 3.79. The number of benzene rings is 1. The number of nitrogens with zero attached hydrogens (tertiary/aromatic N) is 4. The summed E-state index contributed by atoms with van der Waals surface area (Å²) in [6, 6.07) is 5.63. The third-order valence-electron chi connectivity index (χ3n) is 5.75. The van der Waals surface area contributed by atoms with Crippen LogP contribution in [0.5, 0.6) is 0 Å². The van der Waals surface area contributed by atoms with E-state index in [2.05, 4.69) is 15.5 Å². The number of carbonyl (C=O) groups excluding carboxylic acids is 2. The number of halogens is 1. The number of hydrogen-bond acceptors (Lipinski definition) is 10. The molecule has 3 heterocycles. The molecule has 15 heteroatoms. The largest absolute Gasteiger partial charge is 0.444 e. The predicted octanol–water partition coefficient (Wildman–Crippen LogP) is 2.67. The van der Waals surface area contributed by atoms with E-state index in [9.17, 15) is 22.4 Å². The molecule has 12 nitrogen and oxygen atoms in total. The highest BCUT2D eigenvalue weighted by Crippen LogP contribution is 2.21. The van der Waals surface area contributed by atoms with E-state index in [1.807, 2.05) is 0 Å². The molecule has 212 valence electrons. The number of sulfonamides is 1. The van der Waals surface area contributed by atoms with Gasteiger partial charge < -0.3 is 19.2 Å². The van der Waals surface area contributed by atoms with Gasteiger partial charge in [-0.1, -0.05) is 28.6 Å². The molecule has 2 aliphatic heterocycles. The highest BCUT2D eigenvalue weighted by atomic mass is 32.2. The topological polar surface area (TPSA) is 140 Å². The van der Waals surface area contributed by atoms with Crippen LogP contribution in [0, 0.1) is 5.13 Å². The predicted molar refractivity (Wildman–Crippen MR) is 141 cm³/mol. The molecule has 4 rings (SSSR count). The van der Waals surface area contributed by atoms with Crippen molar-refractivity contribution in [2.75, 3.05) is 44.7 Å². The fraction of sp³-hybridized carbons (Fsp3) is 0.500. The number of anilines is 1. The minimum Gasteiger partial charge on any atom is -0.444 e. The number of carbonyl (C=O) groups is 2. The van der Waals surface area contributed by atoms with Gasteiger partial charge in [-0.05, 0) is 32.9 Å². The lowest BCUT2D eigenvalue weighted by Gasteiger charge is -2.35. The number of ether oxygens (including phenoxy) is 2. The molecule has 0 spiro atoms. The van der Waals surface area contributed by atoms with Gasteiger partial charge in [-0.25, -0.2) is 18.2 Å². The Labute approximate surface area is 229 Å². The summed E-state index contributed by atoms with van der Waals surface area (Å²) < 4.78 is 51.8. The number of aromatic nitrogens is 1. The maximum Gasteiger partial charge on any atom is 0.410 e. The van der Waals surface area contributed by atoms with E-state index in [1.165, 1.54) is 33.5 Å². The molecule has 2 amide bonds. The van der Waals surface area contributed by atoms with Gasteiger partial charge in [0.05, 0.1) is 24.3 Å². The molecule has 1 aromatic heterocycles. The maximum atomic E-state index is 13.3. The van der Waals surface area contributed by atoms with Gasteiger partial charge in [0.15, 0.2) is 22.1 Å². The van der Waals surface area contributed by atoms with Crippen LogP contribution in [0.2, 0.25) is 0 Å². The highest BCUT2D eigenvalue weighted by molar-refractivity contribution is 7.89. The Hall–Kier alpha value is -3.14. The van der Waals surface area contributed by atoms with E-state index in [-0.39, 0.29) is 53.6 Å². The summed E-state index contributed by atoms with van der Waals surface area (Å²) in [7, 11) is -3.86. The summed E-state index contributed by atoms with van der Waals surface area (Å²) in [5, 5.41) is 5.96. The second-order valence-electron chi connectivity index (χ2n) is 9.85. The monoisotopic (exact) mass is 583 g/mol. The highest BCUT2D eigenvalue weighted by Gasteiger charge is 2.32. The number of oxime groups is 1. The zero-order chi connectivity index (χ0) is 28.2. The molecule has 1 N–H and O–H groups in total.